The van der Waals surface area contributed by atoms with Crippen molar-refractivity contribution in [1.82, 2.24) is 4.90 Å². The average molecular weight is 266 g/mol. The molecule has 1 aromatic carbocycles. The van der Waals surface area contributed by atoms with Gasteiger partial charge < -0.3 is 10.5 Å². The SMILES string of the molecule is NNc1ccc([N+](=O)[O-])cc1CN1CCCC(O)C1. The molecule has 0 aromatic heterocycles. The minimum atomic E-state index is -0.422. The number of nitro benzene ring substituents is 1. The highest BCUT2D eigenvalue weighted by molar-refractivity contribution is 5.55. The van der Waals surface area contributed by atoms with Crippen LogP contribution in [0.15, 0.2) is 18.2 Å². The molecule has 1 saturated heterocycles. The molecule has 104 valence electrons. The Balaban J connectivity index is 2.17. The third kappa shape index (κ3) is 3.40. The van der Waals surface area contributed by atoms with E-state index in [0.29, 0.717) is 18.8 Å². The van der Waals surface area contributed by atoms with Crippen LogP contribution in [0.3, 0.4) is 0 Å². The number of piperidine rings is 1. The summed E-state index contributed by atoms with van der Waals surface area (Å²) in [6.07, 6.45) is 1.43. The Morgan fingerprint density at radius 3 is 3.00 bits per heavy atom. The number of hydrogen-bond donors (Lipinski definition) is 3. The van der Waals surface area contributed by atoms with Crippen molar-refractivity contribution < 1.29 is 10.0 Å². The minimum Gasteiger partial charge on any atom is -0.392 e. The number of hydrogen-bond acceptors (Lipinski definition) is 6. The molecule has 1 heterocycles. The van der Waals surface area contributed by atoms with E-state index in [0.717, 1.165) is 24.9 Å². The Kier molecular flexibility index (Phi) is 4.31. The van der Waals surface area contributed by atoms with E-state index < -0.39 is 4.92 Å². The van der Waals surface area contributed by atoms with Crippen molar-refractivity contribution in [3.63, 3.8) is 0 Å². The van der Waals surface area contributed by atoms with Gasteiger partial charge in [0.2, 0.25) is 0 Å². The number of nitrogens with zero attached hydrogens (tertiary/aromatic N) is 2. The van der Waals surface area contributed by atoms with Crippen LogP contribution in [0.25, 0.3) is 0 Å². The number of likely N-dealkylation sites (tertiary alicyclic amines) is 1. The van der Waals surface area contributed by atoms with Crippen molar-refractivity contribution >= 4 is 11.4 Å². The van der Waals surface area contributed by atoms with Crippen molar-refractivity contribution in [1.29, 1.82) is 0 Å². The van der Waals surface area contributed by atoms with Gasteiger partial charge in [-0.05, 0) is 31.0 Å². The van der Waals surface area contributed by atoms with Gasteiger partial charge in [-0.2, -0.15) is 0 Å². The molecule has 0 aliphatic carbocycles. The smallest absolute Gasteiger partial charge is 0.269 e. The van der Waals surface area contributed by atoms with Gasteiger partial charge in [0.25, 0.3) is 5.69 Å². The van der Waals surface area contributed by atoms with E-state index in [9.17, 15) is 15.2 Å². The molecular formula is C12H18N4O3. The van der Waals surface area contributed by atoms with Gasteiger partial charge in [-0.3, -0.25) is 20.9 Å². The fourth-order valence-corrected chi connectivity index (χ4v) is 2.38. The number of nitrogens with one attached hydrogen (secondary N) is 1. The summed E-state index contributed by atoms with van der Waals surface area (Å²) in [5.74, 6) is 5.42. The Bertz CT molecular complexity index is 466. The van der Waals surface area contributed by atoms with Gasteiger partial charge in [0.05, 0.1) is 16.7 Å². The summed E-state index contributed by atoms with van der Waals surface area (Å²) in [5, 5.41) is 20.4. The molecule has 1 aromatic rings. The average Bonchev–Trinajstić information content (AvgIpc) is 2.38. The van der Waals surface area contributed by atoms with Crippen LogP contribution in [0, 0.1) is 10.1 Å². The van der Waals surface area contributed by atoms with E-state index in [1.54, 1.807) is 6.07 Å². The molecule has 1 aliphatic heterocycles. The molecule has 1 unspecified atom stereocenters. The summed E-state index contributed by atoms with van der Waals surface area (Å²) in [5.41, 5.74) is 4.04. The second kappa shape index (κ2) is 5.96. The molecule has 7 nitrogen and oxygen atoms in total. The number of benzene rings is 1. The number of aliphatic hydroxyl groups is 1. The molecule has 0 amide bonds. The molecule has 7 heteroatoms. The Labute approximate surface area is 111 Å². The van der Waals surface area contributed by atoms with Crippen LogP contribution in [0.5, 0.6) is 0 Å². The van der Waals surface area contributed by atoms with Crippen molar-refractivity contribution in [2.45, 2.75) is 25.5 Å². The van der Waals surface area contributed by atoms with E-state index in [2.05, 4.69) is 10.3 Å². The second-order valence-corrected chi connectivity index (χ2v) is 4.77. The van der Waals surface area contributed by atoms with Crippen LogP contribution in [0.2, 0.25) is 0 Å². The summed E-state index contributed by atoms with van der Waals surface area (Å²) in [4.78, 5) is 12.5. The molecule has 0 radical (unpaired) electrons. The van der Waals surface area contributed by atoms with Crippen molar-refractivity contribution in [3.05, 3.63) is 33.9 Å². The molecule has 0 saturated carbocycles. The van der Waals surface area contributed by atoms with Crippen molar-refractivity contribution in [2.24, 2.45) is 5.84 Å². The lowest BCUT2D eigenvalue weighted by molar-refractivity contribution is -0.384. The molecule has 2 rings (SSSR count). The highest BCUT2D eigenvalue weighted by Crippen LogP contribution is 2.24. The molecule has 4 N–H and O–H groups in total. The number of rotatable bonds is 4. The first kappa shape index (κ1) is 13.7. The van der Waals surface area contributed by atoms with Crippen LogP contribution in [0.4, 0.5) is 11.4 Å². The summed E-state index contributed by atoms with van der Waals surface area (Å²) in [7, 11) is 0. The zero-order valence-electron chi connectivity index (χ0n) is 10.6. The van der Waals surface area contributed by atoms with Crippen molar-refractivity contribution in [2.75, 3.05) is 18.5 Å². The van der Waals surface area contributed by atoms with Gasteiger partial charge in [-0.25, -0.2) is 0 Å². The van der Waals surface area contributed by atoms with Gasteiger partial charge >= 0.3 is 0 Å². The fraction of sp³-hybridized carbons (Fsp3) is 0.500. The van der Waals surface area contributed by atoms with Gasteiger partial charge in [0, 0.05) is 25.2 Å². The maximum Gasteiger partial charge on any atom is 0.269 e. The lowest BCUT2D eigenvalue weighted by atomic mass is 10.1. The lowest BCUT2D eigenvalue weighted by Gasteiger charge is -2.30. The molecule has 1 atom stereocenters. The topological polar surface area (TPSA) is 105 Å². The number of nitrogen functional groups attached to an aromatic ring is 1. The normalized spacial score (nSPS) is 20.2. The standard InChI is InChI=1S/C12H18N4O3/c13-14-12-4-3-10(16(18)19)6-9(12)7-15-5-1-2-11(17)8-15/h3-4,6,11,14,17H,1-2,5,7-8,13H2. The van der Waals surface area contributed by atoms with E-state index in [-0.39, 0.29) is 11.8 Å². The van der Waals surface area contributed by atoms with E-state index in [1.165, 1.54) is 12.1 Å². The maximum atomic E-state index is 10.8. The van der Waals surface area contributed by atoms with Gasteiger partial charge in [-0.15, -0.1) is 0 Å². The van der Waals surface area contributed by atoms with Gasteiger partial charge in [0.1, 0.15) is 0 Å². The first-order chi connectivity index (χ1) is 9.10. The highest BCUT2D eigenvalue weighted by Gasteiger charge is 2.19. The van der Waals surface area contributed by atoms with Gasteiger partial charge in [-0.1, -0.05) is 0 Å². The quantitative estimate of drug-likeness (QED) is 0.423. The summed E-state index contributed by atoms with van der Waals surface area (Å²) in [6.45, 7) is 2.01. The second-order valence-electron chi connectivity index (χ2n) is 4.77. The van der Waals surface area contributed by atoms with Crippen molar-refractivity contribution in [3.8, 4) is 0 Å². The van der Waals surface area contributed by atoms with Crippen LogP contribution >= 0.6 is 0 Å². The maximum absolute atomic E-state index is 10.8. The summed E-state index contributed by atoms with van der Waals surface area (Å²) in [6, 6.07) is 4.55. The third-order valence-electron chi connectivity index (χ3n) is 3.33. The zero-order chi connectivity index (χ0) is 13.8. The molecule has 19 heavy (non-hydrogen) atoms. The largest absolute Gasteiger partial charge is 0.392 e. The van der Waals surface area contributed by atoms with Gasteiger partial charge in [0.15, 0.2) is 0 Å². The van der Waals surface area contributed by atoms with E-state index in [1.807, 2.05) is 0 Å². The molecule has 1 aliphatic rings. The van der Waals surface area contributed by atoms with Crippen LogP contribution in [0.1, 0.15) is 18.4 Å². The van der Waals surface area contributed by atoms with Crippen LogP contribution in [-0.2, 0) is 6.54 Å². The number of hydrazine groups is 1. The predicted octanol–water partition coefficient (Wildman–Crippen LogP) is 0.837. The van der Waals surface area contributed by atoms with E-state index >= 15 is 0 Å². The molecule has 0 spiro atoms. The Morgan fingerprint density at radius 2 is 2.37 bits per heavy atom. The highest BCUT2D eigenvalue weighted by atomic mass is 16.6. The molecule has 1 fully saturated rings. The van der Waals surface area contributed by atoms with E-state index in [4.69, 9.17) is 5.84 Å². The van der Waals surface area contributed by atoms with Crippen LogP contribution in [-0.4, -0.2) is 34.1 Å². The number of anilines is 1. The minimum absolute atomic E-state index is 0.0477. The zero-order valence-corrected chi connectivity index (χ0v) is 10.6. The Morgan fingerprint density at radius 1 is 1.58 bits per heavy atom. The first-order valence-electron chi connectivity index (χ1n) is 6.24. The first-order valence-corrected chi connectivity index (χ1v) is 6.24. The number of β-amino-alcohol motifs (C(OH)–C–C–N with tert-alkyl or cyclic N) is 1. The number of aliphatic hydroxyl groups excluding tert-OH is 1. The lowest BCUT2D eigenvalue weighted by Crippen LogP contribution is -2.37. The number of non-ortho nitro benzene ring substituents is 1. The molecular weight excluding hydrogens is 248 g/mol. The Hall–Kier alpha value is -1.70. The third-order valence-corrected chi connectivity index (χ3v) is 3.33. The summed E-state index contributed by atoms with van der Waals surface area (Å²) >= 11 is 0. The monoisotopic (exact) mass is 266 g/mol. The fourth-order valence-electron chi connectivity index (χ4n) is 2.38. The number of nitrogens with two attached hydrogens (primary N) is 1. The summed E-state index contributed by atoms with van der Waals surface area (Å²) < 4.78 is 0. The molecule has 0 bridgehead atoms. The van der Waals surface area contributed by atoms with Crippen LogP contribution < -0.4 is 11.3 Å². The predicted molar refractivity (Wildman–Crippen MR) is 71.4 cm³/mol. The number of nitro groups is 1.